The van der Waals surface area contributed by atoms with Gasteiger partial charge in [-0.3, -0.25) is 4.98 Å². The molecule has 1 heterocycles. The van der Waals surface area contributed by atoms with Crippen LogP contribution in [-0.2, 0) is 6.18 Å². The van der Waals surface area contributed by atoms with Crippen LogP contribution in [0.25, 0.3) is 0 Å². The molecule has 2 rings (SSSR count). The lowest BCUT2D eigenvalue weighted by atomic mass is 9.82. The van der Waals surface area contributed by atoms with Crippen molar-refractivity contribution in [2.75, 3.05) is 11.9 Å². The molecule has 0 radical (unpaired) electrons. The maximum absolute atomic E-state index is 12.5. The fourth-order valence-electron chi connectivity index (χ4n) is 2.41. The van der Waals surface area contributed by atoms with E-state index in [-0.39, 0.29) is 5.54 Å². The van der Waals surface area contributed by atoms with Gasteiger partial charge in [-0.1, -0.05) is 19.3 Å². The maximum atomic E-state index is 12.5. The molecule has 1 fully saturated rings. The molecule has 1 aliphatic carbocycles. The van der Waals surface area contributed by atoms with E-state index in [9.17, 15) is 13.2 Å². The van der Waals surface area contributed by atoms with Crippen molar-refractivity contribution in [2.45, 2.75) is 43.8 Å². The normalized spacial score (nSPS) is 19.2. The predicted octanol–water partition coefficient (Wildman–Crippen LogP) is 3.17. The molecule has 0 atom stereocenters. The summed E-state index contributed by atoms with van der Waals surface area (Å²) in [6.07, 6.45) is 1.93. The standard InChI is InChI=1S/C13H18F3N3/c14-13(15,16)11-8-10(4-7-18-11)19-9-12(17)5-2-1-3-6-12/h4,7-8H,1-3,5-6,9,17H2,(H,18,19). The highest BCUT2D eigenvalue weighted by molar-refractivity contribution is 5.44. The number of hydrogen-bond acceptors (Lipinski definition) is 3. The minimum atomic E-state index is -4.41. The number of nitrogens with two attached hydrogens (primary N) is 1. The maximum Gasteiger partial charge on any atom is 0.433 e. The van der Waals surface area contributed by atoms with Gasteiger partial charge in [-0.2, -0.15) is 13.2 Å². The molecule has 0 spiro atoms. The van der Waals surface area contributed by atoms with Crippen LogP contribution in [0.4, 0.5) is 18.9 Å². The summed E-state index contributed by atoms with van der Waals surface area (Å²) < 4.78 is 37.6. The molecule has 1 saturated carbocycles. The topological polar surface area (TPSA) is 50.9 Å². The fourth-order valence-corrected chi connectivity index (χ4v) is 2.41. The van der Waals surface area contributed by atoms with Crippen LogP contribution in [0.2, 0.25) is 0 Å². The molecule has 3 N–H and O–H groups in total. The van der Waals surface area contributed by atoms with Gasteiger partial charge >= 0.3 is 6.18 Å². The number of alkyl halides is 3. The molecule has 106 valence electrons. The molecule has 0 unspecified atom stereocenters. The average Bonchev–Trinajstić information content (AvgIpc) is 2.37. The lowest BCUT2D eigenvalue weighted by Gasteiger charge is -2.33. The number of aromatic nitrogens is 1. The Labute approximate surface area is 110 Å². The number of nitrogens with zero attached hydrogens (tertiary/aromatic N) is 1. The first-order valence-corrected chi connectivity index (χ1v) is 6.45. The van der Waals surface area contributed by atoms with Gasteiger partial charge in [0, 0.05) is 24.0 Å². The largest absolute Gasteiger partial charge is 0.433 e. The fraction of sp³-hybridized carbons (Fsp3) is 0.615. The van der Waals surface area contributed by atoms with E-state index in [0.717, 1.165) is 37.9 Å². The zero-order valence-electron chi connectivity index (χ0n) is 10.6. The van der Waals surface area contributed by atoms with Crippen LogP contribution in [0.5, 0.6) is 0 Å². The van der Waals surface area contributed by atoms with Crippen LogP contribution in [-0.4, -0.2) is 17.1 Å². The average molecular weight is 273 g/mol. The first-order valence-electron chi connectivity index (χ1n) is 6.45. The second-order valence-electron chi connectivity index (χ2n) is 5.20. The number of halogens is 3. The molecule has 0 saturated heterocycles. The molecule has 0 amide bonds. The van der Waals surface area contributed by atoms with Crippen molar-refractivity contribution in [3.05, 3.63) is 24.0 Å². The summed E-state index contributed by atoms with van der Waals surface area (Å²) in [6, 6.07) is 2.55. The molecular formula is C13H18F3N3. The molecule has 0 bridgehead atoms. The Morgan fingerprint density at radius 3 is 2.58 bits per heavy atom. The summed E-state index contributed by atoms with van der Waals surface area (Å²) in [5, 5.41) is 3.00. The molecule has 0 aliphatic heterocycles. The second kappa shape index (κ2) is 5.36. The Morgan fingerprint density at radius 2 is 1.95 bits per heavy atom. The highest BCUT2D eigenvalue weighted by Gasteiger charge is 2.33. The molecule has 1 aromatic rings. The zero-order chi connectivity index (χ0) is 13.9. The van der Waals surface area contributed by atoms with Gasteiger partial charge in [0.05, 0.1) is 0 Å². The van der Waals surface area contributed by atoms with Crippen LogP contribution in [0.1, 0.15) is 37.8 Å². The lowest BCUT2D eigenvalue weighted by molar-refractivity contribution is -0.141. The third-order valence-electron chi connectivity index (χ3n) is 3.54. The number of anilines is 1. The highest BCUT2D eigenvalue weighted by Crippen LogP contribution is 2.30. The van der Waals surface area contributed by atoms with Crippen molar-refractivity contribution < 1.29 is 13.2 Å². The Kier molecular flexibility index (Phi) is 3.99. The summed E-state index contributed by atoms with van der Waals surface area (Å²) in [6.45, 7) is 0.494. The van der Waals surface area contributed by atoms with Crippen molar-refractivity contribution in [1.29, 1.82) is 0 Å². The SMILES string of the molecule is NC1(CNc2ccnc(C(F)(F)F)c2)CCCCC1. The van der Waals surface area contributed by atoms with Gasteiger partial charge < -0.3 is 11.1 Å². The molecule has 6 heteroatoms. The van der Waals surface area contributed by atoms with E-state index >= 15 is 0 Å². The minimum Gasteiger partial charge on any atom is -0.383 e. The zero-order valence-corrected chi connectivity index (χ0v) is 10.6. The van der Waals surface area contributed by atoms with Gasteiger partial charge in [-0.25, -0.2) is 0 Å². The monoisotopic (exact) mass is 273 g/mol. The molecule has 0 aromatic carbocycles. The number of pyridine rings is 1. The van der Waals surface area contributed by atoms with Gasteiger partial charge in [0.15, 0.2) is 0 Å². The van der Waals surface area contributed by atoms with Crippen LogP contribution < -0.4 is 11.1 Å². The van der Waals surface area contributed by atoms with Gasteiger partial charge in [-0.15, -0.1) is 0 Å². The van der Waals surface area contributed by atoms with Crippen LogP contribution >= 0.6 is 0 Å². The Bertz CT molecular complexity index is 425. The van der Waals surface area contributed by atoms with E-state index in [1.54, 1.807) is 0 Å². The number of nitrogens with one attached hydrogen (secondary N) is 1. The summed E-state index contributed by atoms with van der Waals surface area (Å²) in [5.74, 6) is 0. The van der Waals surface area contributed by atoms with Crippen LogP contribution in [0, 0.1) is 0 Å². The molecule has 3 nitrogen and oxygen atoms in total. The summed E-state index contributed by atoms with van der Waals surface area (Å²) in [5.41, 5.74) is 5.46. The summed E-state index contributed by atoms with van der Waals surface area (Å²) in [4.78, 5) is 3.33. The van der Waals surface area contributed by atoms with E-state index in [2.05, 4.69) is 10.3 Å². The van der Waals surface area contributed by atoms with E-state index in [1.165, 1.54) is 12.5 Å². The van der Waals surface area contributed by atoms with E-state index < -0.39 is 11.9 Å². The lowest BCUT2D eigenvalue weighted by Crippen LogP contribution is -2.47. The van der Waals surface area contributed by atoms with Crippen molar-refractivity contribution in [1.82, 2.24) is 4.98 Å². The summed E-state index contributed by atoms with van der Waals surface area (Å²) in [7, 11) is 0. The molecule has 19 heavy (non-hydrogen) atoms. The van der Waals surface area contributed by atoms with Gasteiger partial charge in [0.25, 0.3) is 0 Å². The van der Waals surface area contributed by atoms with Crippen molar-refractivity contribution in [2.24, 2.45) is 5.73 Å². The highest BCUT2D eigenvalue weighted by atomic mass is 19.4. The van der Waals surface area contributed by atoms with Crippen molar-refractivity contribution in [3.8, 4) is 0 Å². The quantitative estimate of drug-likeness (QED) is 0.889. The minimum absolute atomic E-state index is 0.306. The summed E-state index contributed by atoms with van der Waals surface area (Å²) >= 11 is 0. The Morgan fingerprint density at radius 1 is 1.26 bits per heavy atom. The molecular weight excluding hydrogens is 255 g/mol. The first-order chi connectivity index (χ1) is 8.89. The van der Waals surface area contributed by atoms with Crippen LogP contribution in [0.15, 0.2) is 18.3 Å². The van der Waals surface area contributed by atoms with Gasteiger partial charge in [0.2, 0.25) is 0 Å². The Balaban J connectivity index is 1.99. The predicted molar refractivity (Wildman–Crippen MR) is 67.7 cm³/mol. The van der Waals surface area contributed by atoms with Crippen LogP contribution in [0.3, 0.4) is 0 Å². The third-order valence-corrected chi connectivity index (χ3v) is 3.54. The Hall–Kier alpha value is -1.30. The number of rotatable bonds is 3. The second-order valence-corrected chi connectivity index (χ2v) is 5.20. The third kappa shape index (κ3) is 3.83. The van der Waals surface area contributed by atoms with E-state index in [0.29, 0.717) is 12.2 Å². The smallest absolute Gasteiger partial charge is 0.383 e. The molecule has 1 aliphatic rings. The van der Waals surface area contributed by atoms with Crippen molar-refractivity contribution in [3.63, 3.8) is 0 Å². The van der Waals surface area contributed by atoms with Gasteiger partial charge in [0.1, 0.15) is 5.69 Å². The van der Waals surface area contributed by atoms with E-state index in [1.807, 2.05) is 0 Å². The molecule has 1 aromatic heterocycles. The van der Waals surface area contributed by atoms with E-state index in [4.69, 9.17) is 5.73 Å². The first kappa shape index (κ1) is 14.1. The van der Waals surface area contributed by atoms with Gasteiger partial charge in [-0.05, 0) is 25.0 Å². The van der Waals surface area contributed by atoms with Crippen molar-refractivity contribution >= 4 is 5.69 Å². The number of hydrogen-bond donors (Lipinski definition) is 2.